The molecule has 1 unspecified atom stereocenters. The zero-order valence-corrected chi connectivity index (χ0v) is 11.0. The zero-order valence-electron chi connectivity index (χ0n) is 11.0. The topological polar surface area (TPSA) is 92.5 Å². The normalized spacial score (nSPS) is 11.9. The number of nitro groups is 1. The Morgan fingerprint density at radius 1 is 1.53 bits per heavy atom. The summed E-state index contributed by atoms with van der Waals surface area (Å²) < 4.78 is 0. The molecule has 0 radical (unpaired) electrons. The number of hydrogen-bond acceptors (Lipinski definition) is 4. The van der Waals surface area contributed by atoms with E-state index in [0.717, 1.165) is 19.3 Å². The predicted octanol–water partition coefficient (Wildman–Crippen LogP) is 3.28. The second kappa shape index (κ2) is 6.72. The predicted molar refractivity (Wildman–Crippen MR) is 72.7 cm³/mol. The van der Waals surface area contributed by atoms with Crippen LogP contribution in [0.3, 0.4) is 0 Å². The van der Waals surface area contributed by atoms with Gasteiger partial charge in [0, 0.05) is 17.8 Å². The fourth-order valence-corrected chi connectivity index (χ4v) is 1.82. The van der Waals surface area contributed by atoms with Crippen LogP contribution in [0.25, 0.3) is 0 Å². The lowest BCUT2D eigenvalue weighted by atomic mass is 10.1. The minimum absolute atomic E-state index is 0.197. The van der Waals surface area contributed by atoms with E-state index in [0.29, 0.717) is 5.69 Å². The molecule has 0 aliphatic heterocycles. The van der Waals surface area contributed by atoms with Crippen LogP contribution < -0.4 is 5.32 Å². The van der Waals surface area contributed by atoms with Gasteiger partial charge < -0.3 is 10.4 Å². The maximum atomic E-state index is 11.0. The van der Waals surface area contributed by atoms with Crippen molar-refractivity contribution in [3.05, 3.63) is 33.9 Å². The maximum absolute atomic E-state index is 11.0. The second-order valence-corrected chi connectivity index (χ2v) is 4.48. The summed E-state index contributed by atoms with van der Waals surface area (Å²) in [6, 6.07) is 4.26. The van der Waals surface area contributed by atoms with Crippen LogP contribution >= 0.6 is 0 Å². The first kappa shape index (κ1) is 14.9. The third kappa shape index (κ3) is 4.24. The van der Waals surface area contributed by atoms with Crippen LogP contribution in [0.15, 0.2) is 18.2 Å². The molecule has 2 N–H and O–H groups in total. The van der Waals surface area contributed by atoms with Gasteiger partial charge in [0.1, 0.15) is 5.56 Å². The number of carboxylic acids is 1. The van der Waals surface area contributed by atoms with Gasteiger partial charge in [-0.05, 0) is 25.5 Å². The Bertz CT molecular complexity index is 474. The molecule has 0 fully saturated rings. The van der Waals surface area contributed by atoms with Crippen LogP contribution in [-0.2, 0) is 0 Å². The average Bonchev–Trinajstić information content (AvgIpc) is 2.35. The van der Waals surface area contributed by atoms with E-state index < -0.39 is 10.9 Å². The van der Waals surface area contributed by atoms with Gasteiger partial charge in [0.15, 0.2) is 0 Å². The van der Waals surface area contributed by atoms with Crippen molar-refractivity contribution in [2.24, 2.45) is 0 Å². The van der Waals surface area contributed by atoms with Gasteiger partial charge in [0.2, 0.25) is 0 Å². The fourth-order valence-electron chi connectivity index (χ4n) is 1.82. The van der Waals surface area contributed by atoms with Crippen molar-refractivity contribution in [1.82, 2.24) is 0 Å². The number of nitro benzene ring substituents is 1. The molecule has 0 heterocycles. The largest absolute Gasteiger partial charge is 0.477 e. The number of nitrogens with one attached hydrogen (secondary N) is 1. The number of nitrogens with zero attached hydrogens (tertiary/aromatic N) is 1. The first-order valence-electron chi connectivity index (χ1n) is 6.24. The molecule has 1 aromatic carbocycles. The number of hydrogen-bond donors (Lipinski definition) is 2. The Morgan fingerprint density at radius 2 is 2.21 bits per heavy atom. The van der Waals surface area contributed by atoms with Crippen LogP contribution in [0.2, 0.25) is 0 Å². The molecular weight excluding hydrogens is 248 g/mol. The molecule has 0 saturated heterocycles. The zero-order chi connectivity index (χ0) is 14.4. The summed E-state index contributed by atoms with van der Waals surface area (Å²) >= 11 is 0. The van der Waals surface area contributed by atoms with Gasteiger partial charge in [-0.2, -0.15) is 0 Å². The van der Waals surface area contributed by atoms with E-state index in [9.17, 15) is 14.9 Å². The lowest BCUT2D eigenvalue weighted by Crippen LogP contribution is -2.15. The summed E-state index contributed by atoms with van der Waals surface area (Å²) in [4.78, 5) is 21.0. The van der Waals surface area contributed by atoms with E-state index in [-0.39, 0.29) is 17.3 Å². The van der Waals surface area contributed by atoms with Gasteiger partial charge in [-0.25, -0.2) is 4.79 Å². The van der Waals surface area contributed by atoms with E-state index in [1.165, 1.54) is 18.2 Å². The molecule has 0 saturated carbocycles. The van der Waals surface area contributed by atoms with Crippen molar-refractivity contribution in [3.63, 3.8) is 0 Å². The molecule has 1 rings (SSSR count). The summed E-state index contributed by atoms with van der Waals surface area (Å²) in [5.74, 6) is -1.29. The van der Waals surface area contributed by atoms with Crippen LogP contribution in [-0.4, -0.2) is 22.0 Å². The van der Waals surface area contributed by atoms with E-state index in [1.807, 2.05) is 6.92 Å². The molecule has 0 aromatic heterocycles. The van der Waals surface area contributed by atoms with Gasteiger partial charge in [0.25, 0.3) is 5.69 Å². The third-order valence-corrected chi connectivity index (χ3v) is 2.83. The number of anilines is 1. The van der Waals surface area contributed by atoms with Crippen LogP contribution in [0.1, 0.15) is 43.5 Å². The second-order valence-electron chi connectivity index (χ2n) is 4.48. The summed E-state index contributed by atoms with van der Waals surface area (Å²) in [5, 5.41) is 22.9. The minimum atomic E-state index is -1.29. The number of carboxylic acid groups (broad SMARTS) is 1. The molecule has 19 heavy (non-hydrogen) atoms. The highest BCUT2D eigenvalue weighted by atomic mass is 16.6. The highest BCUT2D eigenvalue weighted by Gasteiger charge is 2.20. The number of unbranched alkanes of at least 4 members (excludes halogenated alkanes) is 1. The van der Waals surface area contributed by atoms with E-state index in [4.69, 9.17) is 5.11 Å². The van der Waals surface area contributed by atoms with Crippen molar-refractivity contribution >= 4 is 17.3 Å². The Balaban J connectivity index is 2.90. The van der Waals surface area contributed by atoms with Gasteiger partial charge in [-0.15, -0.1) is 0 Å². The molecule has 1 atom stereocenters. The Labute approximate surface area is 111 Å². The standard InChI is InChI=1S/C13H18N2O4/c1-3-4-5-9(2)14-10-6-7-12(15(18)19)11(8-10)13(16)17/h6-9,14H,3-5H2,1-2H3,(H,16,17). The molecular formula is C13H18N2O4. The smallest absolute Gasteiger partial charge is 0.342 e. The highest BCUT2D eigenvalue weighted by Crippen LogP contribution is 2.23. The molecule has 0 aliphatic carbocycles. The molecule has 0 amide bonds. The third-order valence-electron chi connectivity index (χ3n) is 2.83. The molecule has 1 aromatic rings. The Hall–Kier alpha value is -2.11. The summed E-state index contributed by atoms with van der Waals surface area (Å²) in [6.07, 6.45) is 3.13. The van der Waals surface area contributed by atoms with Crippen LogP contribution in [0.5, 0.6) is 0 Å². The Kier molecular flexibility index (Phi) is 5.29. The lowest BCUT2D eigenvalue weighted by Gasteiger charge is -2.15. The molecule has 0 bridgehead atoms. The molecule has 0 spiro atoms. The van der Waals surface area contributed by atoms with Crippen LogP contribution in [0, 0.1) is 10.1 Å². The summed E-state index contributed by atoms with van der Waals surface area (Å²) in [5.41, 5.74) is -0.0939. The van der Waals surface area contributed by atoms with E-state index >= 15 is 0 Å². The van der Waals surface area contributed by atoms with Crippen molar-refractivity contribution in [3.8, 4) is 0 Å². The number of benzene rings is 1. The first-order valence-corrected chi connectivity index (χ1v) is 6.24. The number of rotatable bonds is 7. The van der Waals surface area contributed by atoms with Crippen molar-refractivity contribution in [2.45, 2.75) is 39.2 Å². The van der Waals surface area contributed by atoms with Crippen molar-refractivity contribution in [1.29, 1.82) is 0 Å². The van der Waals surface area contributed by atoms with Crippen molar-refractivity contribution < 1.29 is 14.8 Å². The minimum Gasteiger partial charge on any atom is -0.477 e. The Morgan fingerprint density at radius 3 is 2.74 bits per heavy atom. The maximum Gasteiger partial charge on any atom is 0.342 e. The molecule has 6 heteroatoms. The van der Waals surface area contributed by atoms with Crippen molar-refractivity contribution in [2.75, 3.05) is 5.32 Å². The quantitative estimate of drug-likeness (QED) is 0.583. The lowest BCUT2D eigenvalue weighted by molar-refractivity contribution is -0.385. The fraction of sp³-hybridized carbons (Fsp3) is 0.462. The average molecular weight is 266 g/mol. The van der Waals surface area contributed by atoms with Crippen LogP contribution in [0.4, 0.5) is 11.4 Å². The first-order chi connectivity index (χ1) is 8.95. The molecule has 6 nitrogen and oxygen atoms in total. The monoisotopic (exact) mass is 266 g/mol. The van der Waals surface area contributed by atoms with Gasteiger partial charge in [0.05, 0.1) is 4.92 Å². The highest BCUT2D eigenvalue weighted by molar-refractivity contribution is 5.93. The van der Waals surface area contributed by atoms with E-state index in [2.05, 4.69) is 12.2 Å². The number of aromatic carboxylic acids is 1. The number of carbonyl (C=O) groups is 1. The van der Waals surface area contributed by atoms with Gasteiger partial charge >= 0.3 is 5.97 Å². The molecule has 0 aliphatic rings. The van der Waals surface area contributed by atoms with E-state index in [1.54, 1.807) is 0 Å². The summed E-state index contributed by atoms with van der Waals surface area (Å²) in [6.45, 7) is 4.10. The molecule has 104 valence electrons. The summed E-state index contributed by atoms with van der Waals surface area (Å²) in [7, 11) is 0. The van der Waals surface area contributed by atoms with Gasteiger partial charge in [-0.3, -0.25) is 10.1 Å². The SMILES string of the molecule is CCCCC(C)Nc1ccc([N+](=O)[O-])c(C(=O)O)c1. The van der Waals surface area contributed by atoms with Gasteiger partial charge in [-0.1, -0.05) is 19.8 Å².